The third kappa shape index (κ3) is 3.08. The first kappa shape index (κ1) is 15.7. The van der Waals surface area contributed by atoms with Crippen LogP contribution in [-0.2, 0) is 24.3 Å². The first-order chi connectivity index (χ1) is 12.1. The molecule has 1 aromatic carbocycles. The van der Waals surface area contributed by atoms with Crippen molar-refractivity contribution in [1.29, 1.82) is 0 Å². The van der Waals surface area contributed by atoms with Crippen molar-refractivity contribution < 1.29 is 14.3 Å². The molecule has 3 heterocycles. The Hall–Kier alpha value is -2.86. The Morgan fingerprint density at radius 3 is 2.80 bits per heavy atom. The van der Waals surface area contributed by atoms with Gasteiger partial charge in [0.05, 0.1) is 17.7 Å². The van der Waals surface area contributed by atoms with Gasteiger partial charge in [-0.05, 0) is 24.6 Å². The van der Waals surface area contributed by atoms with Crippen molar-refractivity contribution in [2.24, 2.45) is 0 Å². The van der Waals surface area contributed by atoms with Crippen LogP contribution in [-0.4, -0.2) is 32.0 Å². The molecule has 0 saturated heterocycles. The maximum absolute atomic E-state index is 11.6. The van der Waals surface area contributed by atoms with Gasteiger partial charge >= 0.3 is 5.97 Å². The number of rotatable bonds is 4. The minimum Gasteiger partial charge on any atom is -0.480 e. The Morgan fingerprint density at radius 1 is 1.32 bits per heavy atom. The first-order valence-corrected chi connectivity index (χ1v) is 8.24. The third-order valence-corrected chi connectivity index (χ3v) is 4.65. The summed E-state index contributed by atoms with van der Waals surface area (Å²) < 4.78 is 5.64. The number of aromatic amines is 1. The summed E-state index contributed by atoms with van der Waals surface area (Å²) >= 11 is 0. The van der Waals surface area contributed by atoms with Crippen LogP contribution in [0.4, 0.5) is 0 Å². The lowest BCUT2D eigenvalue weighted by Crippen LogP contribution is -2.45. The summed E-state index contributed by atoms with van der Waals surface area (Å²) in [7, 11) is 0. The van der Waals surface area contributed by atoms with Gasteiger partial charge in [0.1, 0.15) is 17.6 Å². The van der Waals surface area contributed by atoms with Crippen LogP contribution >= 0.6 is 0 Å². The van der Waals surface area contributed by atoms with Crippen molar-refractivity contribution in [3.8, 4) is 11.3 Å². The molecule has 128 valence electrons. The van der Waals surface area contributed by atoms with E-state index in [1.807, 2.05) is 48.2 Å². The highest BCUT2D eigenvalue weighted by Crippen LogP contribution is 2.25. The lowest BCUT2D eigenvalue weighted by atomic mass is 10.0. The number of H-pyrrole nitrogens is 1. The van der Waals surface area contributed by atoms with Gasteiger partial charge in [-0.2, -0.15) is 0 Å². The standard InChI is InChI=1S/C19H19N3O3/c1-12-2-7-18(25-12)14-5-3-13(4-6-14)9-22-10-16-15(20-11-21-16)8-17(22)19(23)24/h2-7,11,17H,8-10H2,1H3,(H,20,21)(H,23,24)/t17-/m1/s1. The lowest BCUT2D eigenvalue weighted by Gasteiger charge is -2.32. The summed E-state index contributed by atoms with van der Waals surface area (Å²) in [4.78, 5) is 20.9. The molecule has 2 N–H and O–H groups in total. The molecule has 6 nitrogen and oxygen atoms in total. The van der Waals surface area contributed by atoms with Crippen LogP contribution in [0, 0.1) is 6.92 Å². The second-order valence-electron chi connectivity index (χ2n) is 6.40. The average molecular weight is 337 g/mol. The number of aliphatic carboxylic acids is 1. The molecule has 0 amide bonds. The maximum Gasteiger partial charge on any atom is 0.321 e. The average Bonchev–Trinajstić information content (AvgIpc) is 3.23. The van der Waals surface area contributed by atoms with E-state index in [2.05, 4.69) is 9.97 Å². The third-order valence-electron chi connectivity index (χ3n) is 4.65. The maximum atomic E-state index is 11.6. The SMILES string of the molecule is Cc1ccc(-c2ccc(CN3Cc4[nH]cnc4C[C@@H]3C(=O)O)cc2)o1. The minimum absolute atomic E-state index is 0.428. The summed E-state index contributed by atoms with van der Waals surface area (Å²) in [5, 5.41) is 9.55. The van der Waals surface area contributed by atoms with Crippen molar-refractivity contribution in [1.82, 2.24) is 14.9 Å². The van der Waals surface area contributed by atoms with E-state index in [1.54, 1.807) is 6.33 Å². The second kappa shape index (κ2) is 6.22. The van der Waals surface area contributed by atoms with Gasteiger partial charge < -0.3 is 14.5 Å². The Kier molecular flexibility index (Phi) is 3.89. The number of carbonyl (C=O) groups is 1. The van der Waals surface area contributed by atoms with Crippen molar-refractivity contribution in [3.05, 3.63) is 65.4 Å². The summed E-state index contributed by atoms with van der Waals surface area (Å²) in [6, 6.07) is 11.4. The number of hydrogen-bond acceptors (Lipinski definition) is 4. The van der Waals surface area contributed by atoms with E-state index in [-0.39, 0.29) is 0 Å². The summed E-state index contributed by atoms with van der Waals surface area (Å²) in [5.41, 5.74) is 3.94. The van der Waals surface area contributed by atoms with E-state index in [1.165, 1.54) is 0 Å². The van der Waals surface area contributed by atoms with Crippen molar-refractivity contribution in [2.45, 2.75) is 32.5 Å². The fourth-order valence-electron chi connectivity index (χ4n) is 3.30. The van der Waals surface area contributed by atoms with Gasteiger partial charge in [-0.3, -0.25) is 9.69 Å². The molecule has 1 aliphatic heterocycles. The van der Waals surface area contributed by atoms with Crippen molar-refractivity contribution in [2.75, 3.05) is 0 Å². The number of nitrogens with zero attached hydrogens (tertiary/aromatic N) is 2. The zero-order valence-corrected chi connectivity index (χ0v) is 13.9. The lowest BCUT2D eigenvalue weighted by molar-refractivity contribution is -0.144. The quantitative estimate of drug-likeness (QED) is 0.765. The predicted octanol–water partition coefficient (Wildman–Crippen LogP) is 2.99. The number of aryl methyl sites for hydroxylation is 1. The number of hydrogen-bond donors (Lipinski definition) is 2. The van der Waals surface area contributed by atoms with Crippen LogP contribution in [0.3, 0.4) is 0 Å². The van der Waals surface area contributed by atoms with E-state index >= 15 is 0 Å². The Labute approximate surface area is 145 Å². The number of fused-ring (bicyclic) bond motifs is 1. The van der Waals surface area contributed by atoms with E-state index in [9.17, 15) is 9.90 Å². The van der Waals surface area contributed by atoms with Gasteiger partial charge in [0.2, 0.25) is 0 Å². The summed E-state index contributed by atoms with van der Waals surface area (Å²) in [5.74, 6) is 0.913. The Bertz CT molecular complexity index is 895. The highest BCUT2D eigenvalue weighted by molar-refractivity contribution is 5.74. The van der Waals surface area contributed by atoms with Crippen LogP contribution in [0.5, 0.6) is 0 Å². The van der Waals surface area contributed by atoms with Gasteiger partial charge in [-0.15, -0.1) is 0 Å². The number of benzene rings is 1. The molecule has 0 aliphatic carbocycles. The van der Waals surface area contributed by atoms with E-state index < -0.39 is 12.0 Å². The van der Waals surface area contributed by atoms with Crippen LogP contribution in [0.15, 0.2) is 47.1 Å². The molecule has 25 heavy (non-hydrogen) atoms. The van der Waals surface area contributed by atoms with Crippen molar-refractivity contribution >= 4 is 5.97 Å². The molecule has 1 aliphatic rings. The number of furan rings is 1. The van der Waals surface area contributed by atoms with E-state index in [0.29, 0.717) is 19.5 Å². The normalized spacial score (nSPS) is 17.4. The van der Waals surface area contributed by atoms with E-state index in [0.717, 1.165) is 34.0 Å². The Morgan fingerprint density at radius 2 is 2.12 bits per heavy atom. The molecule has 2 aromatic heterocycles. The zero-order chi connectivity index (χ0) is 17.4. The Balaban J connectivity index is 1.53. The molecular formula is C19H19N3O3. The number of aromatic nitrogens is 2. The number of nitrogens with one attached hydrogen (secondary N) is 1. The number of carboxylic acids is 1. The first-order valence-electron chi connectivity index (χ1n) is 8.24. The second-order valence-corrected chi connectivity index (χ2v) is 6.40. The summed E-state index contributed by atoms with van der Waals surface area (Å²) in [6.07, 6.45) is 2.06. The van der Waals surface area contributed by atoms with Crippen molar-refractivity contribution in [3.63, 3.8) is 0 Å². The molecule has 0 fully saturated rings. The molecule has 1 atom stereocenters. The minimum atomic E-state index is -0.809. The highest BCUT2D eigenvalue weighted by Gasteiger charge is 2.32. The van der Waals surface area contributed by atoms with Gasteiger partial charge in [0.25, 0.3) is 0 Å². The highest BCUT2D eigenvalue weighted by atomic mass is 16.4. The predicted molar refractivity (Wildman–Crippen MR) is 91.8 cm³/mol. The van der Waals surface area contributed by atoms with Crippen LogP contribution in [0.1, 0.15) is 22.7 Å². The fourth-order valence-corrected chi connectivity index (χ4v) is 3.30. The van der Waals surface area contributed by atoms with E-state index in [4.69, 9.17) is 4.42 Å². The topological polar surface area (TPSA) is 82.4 Å². The molecule has 4 rings (SSSR count). The van der Waals surface area contributed by atoms with Gasteiger partial charge in [-0.25, -0.2) is 4.98 Å². The zero-order valence-electron chi connectivity index (χ0n) is 13.9. The molecule has 0 saturated carbocycles. The molecule has 0 radical (unpaired) electrons. The van der Waals surface area contributed by atoms with Gasteiger partial charge in [-0.1, -0.05) is 24.3 Å². The molecule has 6 heteroatoms. The smallest absolute Gasteiger partial charge is 0.321 e. The molecular weight excluding hydrogens is 318 g/mol. The van der Waals surface area contributed by atoms with Crippen LogP contribution < -0.4 is 0 Å². The van der Waals surface area contributed by atoms with Crippen LogP contribution in [0.2, 0.25) is 0 Å². The fraction of sp³-hybridized carbons (Fsp3) is 0.263. The number of carboxylic acid groups (broad SMARTS) is 1. The number of imidazole rings is 1. The van der Waals surface area contributed by atoms with Gasteiger partial charge in [0, 0.05) is 25.1 Å². The van der Waals surface area contributed by atoms with Gasteiger partial charge in [0.15, 0.2) is 0 Å². The van der Waals surface area contributed by atoms with Crippen LogP contribution in [0.25, 0.3) is 11.3 Å². The largest absolute Gasteiger partial charge is 0.480 e. The monoisotopic (exact) mass is 337 g/mol. The molecule has 0 spiro atoms. The molecule has 3 aromatic rings. The molecule has 0 bridgehead atoms. The molecule has 0 unspecified atom stereocenters. The summed E-state index contributed by atoms with van der Waals surface area (Å²) in [6.45, 7) is 3.06.